The number of hydrogen-bond acceptors (Lipinski definition) is 3. The van der Waals surface area contributed by atoms with Crippen molar-refractivity contribution in [2.75, 3.05) is 20.3 Å². The van der Waals surface area contributed by atoms with Gasteiger partial charge in [0.15, 0.2) is 0 Å². The largest absolute Gasteiger partial charge is 0.489 e. The van der Waals surface area contributed by atoms with E-state index in [9.17, 15) is 0 Å². The van der Waals surface area contributed by atoms with Crippen LogP contribution in [0.1, 0.15) is 59.7 Å². The highest BCUT2D eigenvalue weighted by molar-refractivity contribution is 5.87. The standard InChI is InChI=1S/C15H19NO2.3C2H6/c1-4-12-10-11(2)16-15-13(12)6-5-7-14(15)18-9-8-17-3;3*1-2/h5-7,10H,4,8-9H2,1-3H3;3*1-2H3. The van der Waals surface area contributed by atoms with E-state index in [0.717, 1.165) is 23.4 Å². The molecule has 0 aliphatic heterocycles. The van der Waals surface area contributed by atoms with E-state index in [1.807, 2.05) is 60.6 Å². The minimum Gasteiger partial charge on any atom is -0.489 e. The van der Waals surface area contributed by atoms with Crippen molar-refractivity contribution in [1.82, 2.24) is 4.98 Å². The number of rotatable bonds is 5. The van der Waals surface area contributed by atoms with Gasteiger partial charge in [0, 0.05) is 18.2 Å². The number of hydrogen-bond donors (Lipinski definition) is 0. The third kappa shape index (κ3) is 7.78. The van der Waals surface area contributed by atoms with E-state index in [4.69, 9.17) is 9.47 Å². The van der Waals surface area contributed by atoms with Crippen LogP contribution < -0.4 is 4.74 Å². The Hall–Kier alpha value is -1.61. The number of benzene rings is 1. The molecule has 0 atom stereocenters. The number of fused-ring (bicyclic) bond motifs is 1. The fourth-order valence-electron chi connectivity index (χ4n) is 2.08. The lowest BCUT2D eigenvalue weighted by Crippen LogP contribution is -2.05. The second kappa shape index (κ2) is 16.3. The van der Waals surface area contributed by atoms with Crippen molar-refractivity contribution in [3.8, 4) is 5.75 Å². The van der Waals surface area contributed by atoms with E-state index in [2.05, 4.69) is 24.0 Å². The number of nitrogens with zero attached hydrogens (tertiary/aromatic N) is 1. The molecule has 2 rings (SSSR count). The van der Waals surface area contributed by atoms with Gasteiger partial charge in [-0.3, -0.25) is 0 Å². The van der Waals surface area contributed by atoms with Gasteiger partial charge in [-0.15, -0.1) is 0 Å². The molecule has 0 amide bonds. The van der Waals surface area contributed by atoms with Crippen molar-refractivity contribution in [2.45, 2.75) is 61.8 Å². The molecule has 0 saturated heterocycles. The lowest BCUT2D eigenvalue weighted by molar-refractivity contribution is 0.147. The molecule has 0 fully saturated rings. The Kier molecular flexibility index (Phi) is 16.7. The van der Waals surface area contributed by atoms with Crippen LogP contribution in [0.4, 0.5) is 0 Å². The SMILES string of the molecule is CC.CC.CC.CCc1cc(C)nc2c(OCCOC)cccc12. The summed E-state index contributed by atoms with van der Waals surface area (Å²) in [7, 11) is 1.67. The molecule has 0 aliphatic rings. The van der Waals surface area contributed by atoms with Crippen LogP contribution in [0.15, 0.2) is 24.3 Å². The predicted octanol–water partition coefficient (Wildman–Crippen LogP) is 6.21. The van der Waals surface area contributed by atoms with Crippen LogP contribution in [0, 0.1) is 6.92 Å². The number of aryl methyl sites for hydroxylation is 2. The van der Waals surface area contributed by atoms with Gasteiger partial charge < -0.3 is 9.47 Å². The van der Waals surface area contributed by atoms with Crippen LogP contribution in [-0.2, 0) is 11.2 Å². The molecule has 1 aromatic heterocycles. The Bertz CT molecular complexity index is 539. The summed E-state index contributed by atoms with van der Waals surface area (Å²) in [6.07, 6.45) is 1.00. The number of pyridine rings is 1. The zero-order valence-electron chi connectivity index (χ0n) is 17.2. The molecule has 138 valence electrons. The molecule has 1 aromatic carbocycles. The molecule has 0 N–H and O–H groups in total. The molecule has 0 bridgehead atoms. The van der Waals surface area contributed by atoms with E-state index < -0.39 is 0 Å². The fraction of sp³-hybridized carbons (Fsp3) is 0.571. The van der Waals surface area contributed by atoms with E-state index in [-0.39, 0.29) is 0 Å². The fourth-order valence-corrected chi connectivity index (χ4v) is 2.08. The number of aromatic nitrogens is 1. The zero-order chi connectivity index (χ0) is 19.0. The molecule has 24 heavy (non-hydrogen) atoms. The molecule has 1 heterocycles. The van der Waals surface area contributed by atoms with Gasteiger partial charge >= 0.3 is 0 Å². The van der Waals surface area contributed by atoms with Gasteiger partial charge in [0.2, 0.25) is 0 Å². The van der Waals surface area contributed by atoms with Crippen molar-refractivity contribution in [2.24, 2.45) is 0 Å². The van der Waals surface area contributed by atoms with Gasteiger partial charge in [-0.25, -0.2) is 4.98 Å². The Morgan fingerprint density at radius 2 is 1.58 bits per heavy atom. The highest BCUT2D eigenvalue weighted by Gasteiger charge is 2.07. The molecule has 0 radical (unpaired) electrons. The van der Waals surface area contributed by atoms with E-state index >= 15 is 0 Å². The quantitative estimate of drug-likeness (QED) is 0.609. The Balaban J connectivity index is 0. The second-order valence-corrected chi connectivity index (χ2v) is 4.27. The topological polar surface area (TPSA) is 31.4 Å². The van der Waals surface area contributed by atoms with Crippen molar-refractivity contribution in [3.05, 3.63) is 35.5 Å². The van der Waals surface area contributed by atoms with Gasteiger partial charge in [-0.1, -0.05) is 60.6 Å². The Morgan fingerprint density at radius 1 is 0.958 bits per heavy atom. The molecule has 0 saturated carbocycles. The highest BCUT2D eigenvalue weighted by Crippen LogP contribution is 2.27. The van der Waals surface area contributed by atoms with Gasteiger partial charge in [-0.2, -0.15) is 0 Å². The summed E-state index contributed by atoms with van der Waals surface area (Å²) < 4.78 is 10.7. The number of methoxy groups -OCH3 is 1. The average molecular weight is 336 g/mol. The molecule has 3 nitrogen and oxygen atoms in total. The lowest BCUT2D eigenvalue weighted by Gasteiger charge is -2.11. The summed E-state index contributed by atoms with van der Waals surface area (Å²) >= 11 is 0. The maximum atomic E-state index is 5.73. The summed E-state index contributed by atoms with van der Waals surface area (Å²) in [4.78, 5) is 4.60. The first-order valence-corrected chi connectivity index (χ1v) is 9.27. The van der Waals surface area contributed by atoms with Crippen LogP contribution in [0.2, 0.25) is 0 Å². The Morgan fingerprint density at radius 3 is 2.12 bits per heavy atom. The average Bonchev–Trinajstić information content (AvgIpc) is 2.66. The van der Waals surface area contributed by atoms with E-state index in [0.29, 0.717) is 13.2 Å². The van der Waals surface area contributed by atoms with Crippen LogP contribution in [0.5, 0.6) is 5.75 Å². The summed E-state index contributed by atoms with van der Waals surface area (Å²) in [5.74, 6) is 0.836. The van der Waals surface area contributed by atoms with Gasteiger partial charge in [0.1, 0.15) is 17.9 Å². The van der Waals surface area contributed by atoms with E-state index in [1.165, 1.54) is 10.9 Å². The first kappa shape index (κ1) is 24.6. The van der Waals surface area contributed by atoms with Gasteiger partial charge in [0.05, 0.1) is 6.61 Å². The molecule has 0 spiro atoms. The summed E-state index contributed by atoms with van der Waals surface area (Å²) in [5.41, 5.74) is 3.29. The van der Waals surface area contributed by atoms with Crippen LogP contribution in [-0.4, -0.2) is 25.3 Å². The van der Waals surface area contributed by atoms with Crippen LogP contribution >= 0.6 is 0 Å². The first-order chi connectivity index (χ1) is 11.8. The van der Waals surface area contributed by atoms with Crippen molar-refractivity contribution in [1.29, 1.82) is 0 Å². The molecular formula is C21H37NO2. The summed E-state index contributed by atoms with van der Waals surface area (Å²) in [6.45, 7) is 17.3. The molecular weight excluding hydrogens is 298 g/mol. The molecule has 0 aliphatic carbocycles. The van der Waals surface area contributed by atoms with Crippen molar-refractivity contribution < 1.29 is 9.47 Å². The first-order valence-electron chi connectivity index (χ1n) is 9.27. The predicted molar refractivity (Wildman–Crippen MR) is 107 cm³/mol. The lowest BCUT2D eigenvalue weighted by atomic mass is 10.1. The zero-order valence-corrected chi connectivity index (χ0v) is 17.2. The van der Waals surface area contributed by atoms with Crippen LogP contribution in [0.25, 0.3) is 10.9 Å². The third-order valence-electron chi connectivity index (χ3n) is 2.94. The Labute approximate surface area is 149 Å². The molecule has 3 heteroatoms. The van der Waals surface area contributed by atoms with Crippen molar-refractivity contribution in [3.63, 3.8) is 0 Å². The van der Waals surface area contributed by atoms with Gasteiger partial charge in [-0.05, 0) is 31.0 Å². The second-order valence-electron chi connectivity index (χ2n) is 4.27. The minimum absolute atomic E-state index is 0.548. The molecule has 2 aromatic rings. The maximum absolute atomic E-state index is 5.73. The monoisotopic (exact) mass is 335 g/mol. The maximum Gasteiger partial charge on any atom is 0.145 e. The number of ether oxygens (including phenoxy) is 2. The van der Waals surface area contributed by atoms with Crippen molar-refractivity contribution >= 4 is 10.9 Å². The van der Waals surface area contributed by atoms with Gasteiger partial charge in [0.25, 0.3) is 0 Å². The third-order valence-corrected chi connectivity index (χ3v) is 2.94. The normalized spacial score (nSPS) is 8.88. The van der Waals surface area contributed by atoms with Crippen LogP contribution in [0.3, 0.4) is 0 Å². The highest BCUT2D eigenvalue weighted by atomic mass is 16.5. The summed E-state index contributed by atoms with van der Waals surface area (Å²) in [5, 5.41) is 1.18. The molecule has 0 unspecified atom stereocenters. The van der Waals surface area contributed by atoms with E-state index in [1.54, 1.807) is 7.11 Å². The minimum atomic E-state index is 0.548. The smallest absolute Gasteiger partial charge is 0.145 e. The summed E-state index contributed by atoms with van der Waals surface area (Å²) in [6, 6.07) is 8.22. The number of para-hydroxylation sites is 1.